The van der Waals surface area contributed by atoms with Crippen LogP contribution in [-0.4, -0.2) is 9.55 Å². The Balaban J connectivity index is 2.29. The van der Waals surface area contributed by atoms with Crippen LogP contribution in [0.4, 0.5) is 0 Å². The van der Waals surface area contributed by atoms with Crippen molar-refractivity contribution in [3.05, 3.63) is 28.5 Å². The molecule has 1 atom stereocenters. The summed E-state index contributed by atoms with van der Waals surface area (Å²) < 4.78 is 3.48. The highest BCUT2D eigenvalue weighted by Crippen LogP contribution is 2.41. The molecule has 0 saturated heterocycles. The number of alkyl halides is 1. The quantitative estimate of drug-likeness (QED) is 0.670. The first-order valence-electron chi connectivity index (χ1n) is 6.84. The first-order valence-corrected chi connectivity index (χ1v) is 8.07. The van der Waals surface area contributed by atoms with Crippen LogP contribution in [0.3, 0.4) is 0 Å². The monoisotopic (exact) mass is 340 g/mol. The number of benzene rings is 1. The molecule has 0 spiro atoms. The van der Waals surface area contributed by atoms with Crippen LogP contribution in [0.1, 0.15) is 50.7 Å². The Bertz CT molecular complexity index is 612. The molecule has 19 heavy (non-hydrogen) atoms. The van der Waals surface area contributed by atoms with Gasteiger partial charge in [-0.25, -0.2) is 4.98 Å². The Morgan fingerprint density at radius 1 is 1.37 bits per heavy atom. The fraction of sp³-hybridized carbons (Fsp3) is 0.533. The molecular weight excluding hydrogens is 324 g/mol. The van der Waals surface area contributed by atoms with Gasteiger partial charge in [-0.05, 0) is 44.9 Å². The Kier molecular flexibility index (Phi) is 3.38. The van der Waals surface area contributed by atoms with Crippen LogP contribution >= 0.6 is 27.5 Å². The summed E-state index contributed by atoms with van der Waals surface area (Å²) in [6.07, 6.45) is 5.00. The summed E-state index contributed by atoms with van der Waals surface area (Å²) in [4.78, 5) is 4.75. The Labute approximate surface area is 127 Å². The normalized spacial score (nSPS) is 20.0. The fourth-order valence-electron chi connectivity index (χ4n) is 3.26. The Morgan fingerprint density at radius 2 is 2.05 bits per heavy atom. The van der Waals surface area contributed by atoms with E-state index in [1.807, 2.05) is 13.0 Å². The zero-order valence-electron chi connectivity index (χ0n) is 11.3. The maximum Gasteiger partial charge on any atom is 0.128 e. The van der Waals surface area contributed by atoms with E-state index >= 15 is 0 Å². The number of hydrogen-bond donors (Lipinski definition) is 0. The van der Waals surface area contributed by atoms with E-state index < -0.39 is 0 Å². The van der Waals surface area contributed by atoms with Crippen molar-refractivity contribution in [1.29, 1.82) is 0 Å². The van der Waals surface area contributed by atoms with Gasteiger partial charge in [-0.3, -0.25) is 0 Å². The molecule has 4 heteroatoms. The van der Waals surface area contributed by atoms with Crippen LogP contribution in [0.25, 0.3) is 11.0 Å². The zero-order chi connectivity index (χ0) is 13.6. The molecule has 1 fully saturated rings. The van der Waals surface area contributed by atoms with Gasteiger partial charge in [-0.1, -0.05) is 28.8 Å². The lowest BCUT2D eigenvalue weighted by Gasteiger charge is -2.29. The van der Waals surface area contributed by atoms with Gasteiger partial charge in [0.15, 0.2) is 0 Å². The van der Waals surface area contributed by atoms with Gasteiger partial charge in [-0.15, -0.1) is 11.6 Å². The van der Waals surface area contributed by atoms with Crippen LogP contribution in [0.2, 0.25) is 0 Å². The number of halogens is 2. The minimum Gasteiger partial charge on any atom is -0.321 e. The number of rotatable bonds is 2. The van der Waals surface area contributed by atoms with E-state index in [2.05, 4.69) is 39.6 Å². The lowest BCUT2D eigenvalue weighted by Crippen LogP contribution is -2.28. The second-order valence-corrected chi connectivity index (χ2v) is 7.33. The molecule has 1 aromatic carbocycles. The molecule has 0 N–H and O–H groups in total. The second-order valence-electron chi connectivity index (χ2n) is 5.76. The number of hydrogen-bond acceptors (Lipinski definition) is 1. The van der Waals surface area contributed by atoms with Gasteiger partial charge < -0.3 is 4.57 Å². The number of fused-ring (bicyclic) bond motifs is 1. The molecule has 2 aromatic rings. The topological polar surface area (TPSA) is 17.8 Å². The molecule has 1 saturated carbocycles. The summed E-state index contributed by atoms with van der Waals surface area (Å²) in [7, 11) is 0. The molecule has 3 rings (SSSR count). The Hall–Kier alpha value is -0.540. The third-order valence-electron chi connectivity index (χ3n) is 4.22. The van der Waals surface area contributed by atoms with E-state index in [1.54, 1.807) is 0 Å². The zero-order valence-corrected chi connectivity index (χ0v) is 13.6. The molecule has 0 bridgehead atoms. The van der Waals surface area contributed by atoms with Crippen molar-refractivity contribution in [2.45, 2.75) is 50.4 Å². The van der Waals surface area contributed by atoms with Crippen LogP contribution < -0.4 is 0 Å². The van der Waals surface area contributed by atoms with Crippen molar-refractivity contribution in [2.24, 2.45) is 0 Å². The van der Waals surface area contributed by atoms with E-state index in [4.69, 9.17) is 16.6 Å². The SMILES string of the molecule is CC(Cl)c1nc2ccc(Br)cc2n1C1(C)CCCC1. The lowest BCUT2D eigenvalue weighted by atomic mass is 9.99. The number of imidazole rings is 1. The maximum absolute atomic E-state index is 6.36. The van der Waals surface area contributed by atoms with Gasteiger partial charge in [0, 0.05) is 10.0 Å². The molecule has 0 radical (unpaired) electrons. The molecule has 2 nitrogen and oxygen atoms in total. The molecular formula is C15H18BrClN2. The van der Waals surface area contributed by atoms with Crippen molar-refractivity contribution in [3.8, 4) is 0 Å². The predicted molar refractivity (Wildman–Crippen MR) is 83.8 cm³/mol. The van der Waals surface area contributed by atoms with Crippen molar-refractivity contribution >= 4 is 38.6 Å². The van der Waals surface area contributed by atoms with E-state index in [0.717, 1.165) is 15.8 Å². The number of aromatic nitrogens is 2. The van der Waals surface area contributed by atoms with Crippen molar-refractivity contribution < 1.29 is 0 Å². The average Bonchev–Trinajstić information content (AvgIpc) is 2.93. The largest absolute Gasteiger partial charge is 0.321 e. The highest BCUT2D eigenvalue weighted by Gasteiger charge is 2.34. The fourth-order valence-corrected chi connectivity index (χ4v) is 3.76. The van der Waals surface area contributed by atoms with Gasteiger partial charge >= 0.3 is 0 Å². The van der Waals surface area contributed by atoms with Gasteiger partial charge in [0.05, 0.1) is 16.4 Å². The first kappa shape index (κ1) is 13.4. The molecule has 1 aliphatic rings. The van der Waals surface area contributed by atoms with E-state index in [1.165, 1.54) is 31.2 Å². The summed E-state index contributed by atoms with van der Waals surface area (Å²) >= 11 is 9.93. The molecule has 102 valence electrons. The predicted octanol–water partition coefficient (Wildman–Crippen LogP) is 5.39. The van der Waals surface area contributed by atoms with Gasteiger partial charge in [-0.2, -0.15) is 0 Å². The summed E-state index contributed by atoms with van der Waals surface area (Å²) in [6, 6.07) is 6.27. The van der Waals surface area contributed by atoms with Crippen molar-refractivity contribution in [2.75, 3.05) is 0 Å². The minimum atomic E-state index is -0.0661. The maximum atomic E-state index is 6.36. The number of nitrogens with zero attached hydrogens (tertiary/aromatic N) is 2. The highest BCUT2D eigenvalue weighted by molar-refractivity contribution is 9.10. The van der Waals surface area contributed by atoms with Gasteiger partial charge in [0.1, 0.15) is 5.82 Å². The molecule has 1 unspecified atom stereocenters. The van der Waals surface area contributed by atoms with Crippen LogP contribution in [-0.2, 0) is 5.54 Å². The van der Waals surface area contributed by atoms with Crippen LogP contribution in [0.5, 0.6) is 0 Å². The van der Waals surface area contributed by atoms with Crippen molar-refractivity contribution in [1.82, 2.24) is 9.55 Å². The summed E-state index contributed by atoms with van der Waals surface area (Å²) in [5, 5.41) is -0.0661. The van der Waals surface area contributed by atoms with Crippen LogP contribution in [0.15, 0.2) is 22.7 Å². The smallest absolute Gasteiger partial charge is 0.128 e. The third-order valence-corrected chi connectivity index (χ3v) is 4.91. The van der Waals surface area contributed by atoms with Crippen molar-refractivity contribution in [3.63, 3.8) is 0 Å². The molecule has 1 aromatic heterocycles. The van der Waals surface area contributed by atoms with Gasteiger partial charge in [0.2, 0.25) is 0 Å². The lowest BCUT2D eigenvalue weighted by molar-refractivity contribution is 0.328. The van der Waals surface area contributed by atoms with Gasteiger partial charge in [0.25, 0.3) is 0 Å². The Morgan fingerprint density at radius 3 is 2.68 bits per heavy atom. The molecule has 1 aliphatic carbocycles. The average molecular weight is 342 g/mol. The highest BCUT2D eigenvalue weighted by atomic mass is 79.9. The minimum absolute atomic E-state index is 0.0661. The van der Waals surface area contributed by atoms with Crippen LogP contribution in [0, 0.1) is 0 Å². The summed E-state index contributed by atoms with van der Waals surface area (Å²) in [6.45, 7) is 4.34. The van der Waals surface area contributed by atoms with E-state index in [9.17, 15) is 0 Å². The summed E-state index contributed by atoms with van der Waals surface area (Å²) in [5.41, 5.74) is 2.40. The second kappa shape index (κ2) is 4.78. The molecule has 0 aliphatic heterocycles. The van der Waals surface area contributed by atoms with E-state index in [0.29, 0.717) is 0 Å². The van der Waals surface area contributed by atoms with E-state index in [-0.39, 0.29) is 10.9 Å². The molecule has 0 amide bonds. The third kappa shape index (κ3) is 2.21. The first-order chi connectivity index (χ1) is 9.01. The molecule has 1 heterocycles. The standard InChI is InChI=1S/C15H18BrClN2/c1-10(17)14-18-12-6-5-11(16)9-13(12)19(14)15(2)7-3-4-8-15/h5-6,9-10H,3-4,7-8H2,1-2H3. The summed E-state index contributed by atoms with van der Waals surface area (Å²) in [5.74, 6) is 0.999.